The Balaban J connectivity index is 2.19. The summed E-state index contributed by atoms with van der Waals surface area (Å²) in [6.07, 6.45) is 2.93. The Morgan fingerprint density at radius 2 is 2.06 bits per heavy atom. The number of epoxide rings is 1. The van der Waals surface area contributed by atoms with Gasteiger partial charge in [-0.3, -0.25) is 4.55 Å². The van der Waals surface area contributed by atoms with Gasteiger partial charge in [-0.25, -0.2) is 0 Å². The lowest BCUT2D eigenvalue weighted by molar-refractivity contribution is 0.360. The largest absolute Gasteiger partial charge is 0.369 e. The van der Waals surface area contributed by atoms with Gasteiger partial charge in [-0.15, -0.1) is 0 Å². The first kappa shape index (κ1) is 13.5. The molecular weight excluding hydrogens is 252 g/mol. The standard InChI is InChI=1S/C13H18O4S/c1-3-4-11-12(17-11)8-10-7-9(2)5-6-13(10)18(14,15)16/h5-7,11-12H,3-4,8H2,1-2H3,(H,14,15,16)/t11-,12-/m1/s1. The minimum atomic E-state index is -4.15. The summed E-state index contributed by atoms with van der Waals surface area (Å²) >= 11 is 0. The molecule has 0 radical (unpaired) electrons. The van der Waals surface area contributed by atoms with E-state index in [2.05, 4.69) is 6.92 Å². The minimum Gasteiger partial charge on any atom is -0.369 e. The summed E-state index contributed by atoms with van der Waals surface area (Å²) in [7, 11) is -4.15. The van der Waals surface area contributed by atoms with Gasteiger partial charge in [0, 0.05) is 6.42 Å². The van der Waals surface area contributed by atoms with Crippen molar-refractivity contribution in [2.75, 3.05) is 0 Å². The van der Waals surface area contributed by atoms with Crippen LogP contribution >= 0.6 is 0 Å². The van der Waals surface area contributed by atoms with Gasteiger partial charge in [-0.1, -0.05) is 31.0 Å². The van der Waals surface area contributed by atoms with Crippen molar-refractivity contribution in [2.45, 2.75) is 50.2 Å². The molecule has 1 fully saturated rings. The fourth-order valence-electron chi connectivity index (χ4n) is 2.23. The van der Waals surface area contributed by atoms with Crippen LogP contribution in [0.4, 0.5) is 0 Å². The molecule has 0 saturated carbocycles. The summed E-state index contributed by atoms with van der Waals surface area (Å²) in [4.78, 5) is -0.00107. The molecule has 100 valence electrons. The maximum Gasteiger partial charge on any atom is 0.294 e. The Hall–Kier alpha value is -0.910. The van der Waals surface area contributed by atoms with E-state index in [0.29, 0.717) is 12.0 Å². The maximum atomic E-state index is 11.3. The molecule has 0 aromatic heterocycles. The number of ether oxygens (including phenoxy) is 1. The van der Waals surface area contributed by atoms with Crippen LogP contribution in [0.3, 0.4) is 0 Å². The van der Waals surface area contributed by atoms with Gasteiger partial charge in [0.25, 0.3) is 10.1 Å². The predicted molar refractivity (Wildman–Crippen MR) is 68.3 cm³/mol. The summed E-state index contributed by atoms with van der Waals surface area (Å²) in [5.74, 6) is 0. The van der Waals surface area contributed by atoms with Gasteiger partial charge in [-0.2, -0.15) is 8.42 Å². The molecule has 1 aliphatic rings. The van der Waals surface area contributed by atoms with Gasteiger partial charge in [0.2, 0.25) is 0 Å². The molecule has 18 heavy (non-hydrogen) atoms. The molecule has 1 aromatic rings. The molecule has 0 spiro atoms. The zero-order valence-corrected chi connectivity index (χ0v) is 11.4. The number of benzene rings is 1. The first-order chi connectivity index (χ1) is 8.41. The highest BCUT2D eigenvalue weighted by Crippen LogP contribution is 2.31. The van der Waals surface area contributed by atoms with Crippen molar-refractivity contribution in [1.29, 1.82) is 0 Å². The minimum absolute atomic E-state index is 0.00107. The van der Waals surface area contributed by atoms with Crippen LogP contribution in [0.5, 0.6) is 0 Å². The van der Waals surface area contributed by atoms with Crippen LogP contribution in [0, 0.1) is 6.92 Å². The SMILES string of the molecule is CCC[C@H]1O[C@@H]1Cc1cc(C)ccc1S(=O)(=O)O. The Labute approximate surface area is 108 Å². The zero-order valence-electron chi connectivity index (χ0n) is 10.6. The van der Waals surface area contributed by atoms with Gasteiger partial charge in [0.05, 0.1) is 17.1 Å². The molecule has 4 nitrogen and oxygen atoms in total. The molecule has 0 unspecified atom stereocenters. The van der Waals surface area contributed by atoms with Crippen LogP contribution in [0.25, 0.3) is 0 Å². The van der Waals surface area contributed by atoms with Crippen molar-refractivity contribution < 1.29 is 17.7 Å². The average molecular weight is 270 g/mol. The summed E-state index contributed by atoms with van der Waals surface area (Å²) in [6.45, 7) is 3.99. The van der Waals surface area contributed by atoms with E-state index in [1.54, 1.807) is 12.1 Å². The van der Waals surface area contributed by atoms with E-state index < -0.39 is 10.1 Å². The summed E-state index contributed by atoms with van der Waals surface area (Å²) in [5.41, 5.74) is 1.62. The molecule has 1 N–H and O–H groups in total. The molecule has 2 atom stereocenters. The van der Waals surface area contributed by atoms with Crippen LogP contribution in [0.1, 0.15) is 30.9 Å². The molecule has 1 aliphatic heterocycles. The smallest absolute Gasteiger partial charge is 0.294 e. The van der Waals surface area contributed by atoms with E-state index in [9.17, 15) is 13.0 Å². The van der Waals surface area contributed by atoms with Gasteiger partial charge in [0.1, 0.15) is 0 Å². The first-order valence-electron chi connectivity index (χ1n) is 6.14. The van der Waals surface area contributed by atoms with Crippen LogP contribution in [-0.2, 0) is 21.3 Å². The monoisotopic (exact) mass is 270 g/mol. The second-order valence-electron chi connectivity index (χ2n) is 4.79. The molecule has 0 aliphatic carbocycles. The Kier molecular flexibility index (Phi) is 3.75. The second kappa shape index (κ2) is 4.99. The first-order valence-corrected chi connectivity index (χ1v) is 7.58. The second-order valence-corrected chi connectivity index (χ2v) is 6.18. The topological polar surface area (TPSA) is 66.9 Å². The van der Waals surface area contributed by atoms with Gasteiger partial charge < -0.3 is 4.74 Å². The van der Waals surface area contributed by atoms with Crippen molar-refractivity contribution in [1.82, 2.24) is 0 Å². The third kappa shape index (κ3) is 3.10. The van der Waals surface area contributed by atoms with Crippen molar-refractivity contribution in [3.63, 3.8) is 0 Å². The lowest BCUT2D eigenvalue weighted by Gasteiger charge is -2.06. The zero-order chi connectivity index (χ0) is 13.3. The molecule has 1 heterocycles. The Morgan fingerprint density at radius 1 is 1.33 bits per heavy atom. The van der Waals surface area contributed by atoms with E-state index in [4.69, 9.17) is 4.74 Å². The predicted octanol–water partition coefficient (Wildman–Crippen LogP) is 2.35. The Bertz CT molecular complexity index is 536. The summed E-state index contributed by atoms with van der Waals surface area (Å²) in [5, 5.41) is 0. The molecular formula is C13H18O4S. The van der Waals surface area contributed by atoms with Crippen molar-refractivity contribution in [2.24, 2.45) is 0 Å². The molecule has 0 amide bonds. The number of hydrogen-bond donors (Lipinski definition) is 1. The van der Waals surface area contributed by atoms with Gasteiger partial charge in [0.15, 0.2) is 0 Å². The third-order valence-electron chi connectivity index (χ3n) is 3.18. The molecule has 1 saturated heterocycles. The highest BCUT2D eigenvalue weighted by molar-refractivity contribution is 7.85. The third-order valence-corrected chi connectivity index (χ3v) is 4.13. The quantitative estimate of drug-likeness (QED) is 0.659. The van der Waals surface area contributed by atoms with Crippen LogP contribution in [0.2, 0.25) is 0 Å². The summed E-state index contributed by atoms with van der Waals surface area (Å²) < 4.78 is 37.3. The number of hydrogen-bond acceptors (Lipinski definition) is 3. The van der Waals surface area contributed by atoms with Gasteiger partial charge >= 0.3 is 0 Å². The van der Waals surface area contributed by atoms with E-state index in [-0.39, 0.29) is 17.1 Å². The molecule has 2 rings (SSSR count). The molecule has 0 bridgehead atoms. The van der Waals surface area contributed by atoms with Gasteiger partial charge in [-0.05, 0) is 25.0 Å². The highest BCUT2D eigenvalue weighted by atomic mass is 32.2. The van der Waals surface area contributed by atoms with E-state index in [1.165, 1.54) is 6.07 Å². The summed E-state index contributed by atoms with van der Waals surface area (Å²) in [6, 6.07) is 4.94. The number of rotatable bonds is 5. The van der Waals surface area contributed by atoms with Crippen molar-refractivity contribution >= 4 is 10.1 Å². The van der Waals surface area contributed by atoms with Crippen LogP contribution in [-0.4, -0.2) is 25.2 Å². The van der Waals surface area contributed by atoms with Crippen LogP contribution < -0.4 is 0 Å². The van der Waals surface area contributed by atoms with Crippen molar-refractivity contribution in [3.05, 3.63) is 29.3 Å². The Morgan fingerprint density at radius 3 is 2.67 bits per heavy atom. The van der Waals surface area contributed by atoms with E-state index in [1.807, 2.05) is 6.92 Å². The molecule has 5 heteroatoms. The fraction of sp³-hybridized carbons (Fsp3) is 0.538. The fourth-order valence-corrected chi connectivity index (χ4v) is 2.95. The normalized spacial score (nSPS) is 23.1. The van der Waals surface area contributed by atoms with Crippen LogP contribution in [0.15, 0.2) is 23.1 Å². The maximum absolute atomic E-state index is 11.3. The number of aryl methyl sites for hydroxylation is 1. The van der Waals surface area contributed by atoms with E-state index in [0.717, 1.165) is 18.4 Å². The lowest BCUT2D eigenvalue weighted by Crippen LogP contribution is -2.07. The average Bonchev–Trinajstić information content (AvgIpc) is 2.95. The van der Waals surface area contributed by atoms with E-state index >= 15 is 0 Å². The highest BCUT2D eigenvalue weighted by Gasteiger charge is 2.38. The molecule has 1 aromatic carbocycles. The van der Waals surface area contributed by atoms with Crippen molar-refractivity contribution in [3.8, 4) is 0 Å². The lowest BCUT2D eigenvalue weighted by atomic mass is 10.0.